The highest BCUT2D eigenvalue weighted by molar-refractivity contribution is 5.53. The lowest BCUT2D eigenvalue weighted by Crippen LogP contribution is -2.09. The van der Waals surface area contributed by atoms with E-state index in [-0.39, 0.29) is 0 Å². The van der Waals surface area contributed by atoms with E-state index in [1.807, 2.05) is 6.07 Å². The fourth-order valence-electron chi connectivity index (χ4n) is 3.60. The Morgan fingerprint density at radius 1 is 1.21 bits per heavy atom. The third kappa shape index (κ3) is 1.80. The number of hydrogen-bond donors (Lipinski definition) is 1. The third-order valence-electron chi connectivity index (χ3n) is 4.54. The second kappa shape index (κ2) is 4.05. The zero-order valence-electron chi connectivity index (χ0n) is 10.6. The van der Waals surface area contributed by atoms with Gasteiger partial charge in [0, 0.05) is 12.1 Å². The van der Waals surface area contributed by atoms with Crippen molar-refractivity contribution >= 4 is 5.82 Å². The van der Waals surface area contributed by atoms with E-state index in [0.29, 0.717) is 17.6 Å². The van der Waals surface area contributed by atoms with E-state index in [4.69, 9.17) is 10.3 Å². The summed E-state index contributed by atoms with van der Waals surface area (Å²) < 4.78 is 5.37. The average molecular weight is 256 g/mol. The summed E-state index contributed by atoms with van der Waals surface area (Å²) in [4.78, 5) is 8.60. The molecule has 2 aliphatic carbocycles. The number of fused-ring (bicyclic) bond motifs is 2. The monoisotopic (exact) mass is 256 g/mol. The Morgan fingerprint density at radius 2 is 2.16 bits per heavy atom. The van der Waals surface area contributed by atoms with Crippen LogP contribution in [-0.2, 0) is 0 Å². The van der Waals surface area contributed by atoms with Crippen molar-refractivity contribution in [3.63, 3.8) is 0 Å². The highest BCUT2D eigenvalue weighted by atomic mass is 16.5. The molecule has 0 radical (unpaired) electrons. The van der Waals surface area contributed by atoms with Crippen LogP contribution in [0.1, 0.15) is 37.4 Å². The molecule has 3 atom stereocenters. The molecule has 0 aromatic carbocycles. The predicted molar refractivity (Wildman–Crippen MR) is 70.1 cm³/mol. The molecule has 2 aromatic heterocycles. The van der Waals surface area contributed by atoms with Gasteiger partial charge < -0.3 is 10.3 Å². The highest BCUT2D eigenvalue weighted by Gasteiger charge is 2.42. The van der Waals surface area contributed by atoms with Crippen molar-refractivity contribution in [1.29, 1.82) is 0 Å². The first-order valence-electron chi connectivity index (χ1n) is 6.85. The quantitative estimate of drug-likeness (QED) is 0.893. The Labute approximate surface area is 111 Å². The van der Waals surface area contributed by atoms with Crippen LogP contribution in [0.5, 0.6) is 0 Å². The van der Waals surface area contributed by atoms with Gasteiger partial charge in [0.2, 0.25) is 0 Å². The molecule has 0 spiro atoms. The first-order valence-corrected chi connectivity index (χ1v) is 6.85. The molecule has 2 heterocycles. The van der Waals surface area contributed by atoms with E-state index in [1.165, 1.54) is 25.7 Å². The van der Waals surface area contributed by atoms with Gasteiger partial charge in [-0.1, -0.05) is 11.6 Å². The second-order valence-corrected chi connectivity index (χ2v) is 5.71. The number of nitrogen functional groups attached to an aromatic ring is 1. The maximum Gasteiger partial charge on any atom is 0.259 e. The molecule has 4 rings (SSSR count). The third-order valence-corrected chi connectivity index (χ3v) is 4.54. The Morgan fingerprint density at radius 3 is 2.84 bits per heavy atom. The zero-order chi connectivity index (χ0) is 12.8. The molecular weight excluding hydrogens is 240 g/mol. The van der Waals surface area contributed by atoms with E-state index < -0.39 is 0 Å². The Hall–Kier alpha value is -1.91. The van der Waals surface area contributed by atoms with Crippen molar-refractivity contribution in [1.82, 2.24) is 15.1 Å². The Balaban J connectivity index is 1.61. The Kier molecular flexibility index (Phi) is 2.33. The van der Waals surface area contributed by atoms with Gasteiger partial charge in [-0.3, -0.25) is 0 Å². The molecule has 0 saturated heterocycles. The van der Waals surface area contributed by atoms with Crippen molar-refractivity contribution in [3.8, 4) is 11.5 Å². The van der Waals surface area contributed by atoms with E-state index in [9.17, 15) is 0 Å². The minimum absolute atomic E-state index is 0.497. The standard InChI is InChI=1S/C14H16N4O/c15-12-4-3-10(7-16-12)14-17-13(18-19-14)11-6-8-1-2-9(11)5-8/h3-4,7-9,11H,1-2,5-6H2,(H2,15,16). The SMILES string of the molecule is Nc1ccc(-c2nc(C3CC4CCC3C4)no2)cn1. The van der Waals surface area contributed by atoms with Gasteiger partial charge in [0.15, 0.2) is 5.82 Å². The molecule has 98 valence electrons. The summed E-state index contributed by atoms with van der Waals surface area (Å²) in [7, 11) is 0. The van der Waals surface area contributed by atoms with Crippen molar-refractivity contribution in [2.45, 2.75) is 31.6 Å². The lowest BCUT2D eigenvalue weighted by Gasteiger charge is -2.17. The van der Waals surface area contributed by atoms with E-state index in [0.717, 1.165) is 23.2 Å². The van der Waals surface area contributed by atoms with Gasteiger partial charge in [0.1, 0.15) is 5.82 Å². The number of rotatable bonds is 2. The van der Waals surface area contributed by atoms with Crippen molar-refractivity contribution in [2.75, 3.05) is 5.73 Å². The Bertz CT molecular complexity index is 592. The van der Waals surface area contributed by atoms with E-state index in [1.54, 1.807) is 12.3 Å². The molecule has 0 amide bonds. The number of nitrogens with zero attached hydrogens (tertiary/aromatic N) is 3. The van der Waals surface area contributed by atoms with E-state index >= 15 is 0 Å². The molecule has 5 nitrogen and oxygen atoms in total. The maximum atomic E-state index is 5.57. The molecule has 0 aliphatic heterocycles. The normalized spacial score (nSPS) is 28.9. The minimum Gasteiger partial charge on any atom is -0.384 e. The van der Waals surface area contributed by atoms with Crippen LogP contribution in [0.25, 0.3) is 11.5 Å². The minimum atomic E-state index is 0.497. The van der Waals surface area contributed by atoms with Gasteiger partial charge in [0.05, 0.1) is 5.56 Å². The van der Waals surface area contributed by atoms with Gasteiger partial charge in [-0.25, -0.2) is 4.98 Å². The summed E-state index contributed by atoms with van der Waals surface area (Å²) in [5.74, 6) is 4.06. The predicted octanol–water partition coefficient (Wildman–Crippen LogP) is 2.62. The van der Waals surface area contributed by atoms with Crippen molar-refractivity contribution in [2.24, 2.45) is 11.8 Å². The topological polar surface area (TPSA) is 77.8 Å². The zero-order valence-corrected chi connectivity index (χ0v) is 10.6. The molecule has 2 bridgehead atoms. The highest BCUT2D eigenvalue weighted by Crippen LogP contribution is 2.52. The first kappa shape index (κ1) is 11.0. The summed E-state index contributed by atoms with van der Waals surface area (Å²) in [6.45, 7) is 0. The lowest BCUT2D eigenvalue weighted by atomic mass is 9.88. The van der Waals surface area contributed by atoms with Crippen LogP contribution in [0.3, 0.4) is 0 Å². The van der Waals surface area contributed by atoms with Crippen molar-refractivity contribution < 1.29 is 4.52 Å². The number of pyridine rings is 1. The van der Waals surface area contributed by atoms with Crippen LogP contribution in [-0.4, -0.2) is 15.1 Å². The summed E-state index contributed by atoms with van der Waals surface area (Å²) in [6, 6.07) is 3.61. The molecule has 2 saturated carbocycles. The first-order chi connectivity index (χ1) is 9.29. The van der Waals surface area contributed by atoms with Gasteiger partial charge in [-0.05, 0) is 43.2 Å². The number of hydrogen-bond acceptors (Lipinski definition) is 5. The lowest BCUT2D eigenvalue weighted by molar-refractivity contribution is 0.372. The van der Waals surface area contributed by atoms with Crippen LogP contribution >= 0.6 is 0 Å². The molecular formula is C14H16N4O. The molecule has 19 heavy (non-hydrogen) atoms. The smallest absolute Gasteiger partial charge is 0.259 e. The number of anilines is 1. The van der Waals surface area contributed by atoms with E-state index in [2.05, 4.69) is 15.1 Å². The molecule has 3 unspecified atom stereocenters. The van der Waals surface area contributed by atoms with Gasteiger partial charge >= 0.3 is 0 Å². The second-order valence-electron chi connectivity index (χ2n) is 5.71. The van der Waals surface area contributed by atoms with Gasteiger partial charge in [-0.15, -0.1) is 0 Å². The van der Waals surface area contributed by atoms with Crippen LogP contribution < -0.4 is 5.73 Å². The van der Waals surface area contributed by atoms with Crippen LogP contribution in [0.4, 0.5) is 5.82 Å². The summed E-state index contributed by atoms with van der Waals surface area (Å²) >= 11 is 0. The van der Waals surface area contributed by atoms with Crippen LogP contribution in [0, 0.1) is 11.8 Å². The van der Waals surface area contributed by atoms with Gasteiger partial charge in [0.25, 0.3) is 5.89 Å². The fraction of sp³-hybridized carbons (Fsp3) is 0.500. The summed E-state index contributed by atoms with van der Waals surface area (Å²) in [6.07, 6.45) is 6.95. The largest absolute Gasteiger partial charge is 0.384 e. The molecule has 5 heteroatoms. The van der Waals surface area contributed by atoms with Gasteiger partial charge in [-0.2, -0.15) is 4.98 Å². The fourth-order valence-corrected chi connectivity index (χ4v) is 3.60. The molecule has 2 aromatic rings. The number of nitrogens with two attached hydrogens (primary N) is 1. The van der Waals surface area contributed by atoms with Crippen molar-refractivity contribution in [3.05, 3.63) is 24.2 Å². The van der Waals surface area contributed by atoms with Crippen LogP contribution in [0.2, 0.25) is 0 Å². The molecule has 2 N–H and O–H groups in total. The molecule has 2 aliphatic rings. The molecule has 2 fully saturated rings. The summed E-state index contributed by atoms with van der Waals surface area (Å²) in [5, 5.41) is 4.17. The number of aromatic nitrogens is 3. The summed E-state index contributed by atoms with van der Waals surface area (Å²) in [5.41, 5.74) is 6.40. The average Bonchev–Trinajstić information content (AvgIpc) is 3.15. The maximum absolute atomic E-state index is 5.57. The van der Waals surface area contributed by atoms with Crippen LogP contribution in [0.15, 0.2) is 22.9 Å².